The topological polar surface area (TPSA) is 28.6 Å². The van der Waals surface area contributed by atoms with E-state index in [0.29, 0.717) is 0 Å². The van der Waals surface area contributed by atoms with Gasteiger partial charge in [0.15, 0.2) is 0 Å². The minimum atomic E-state index is 0.973. The SMILES string of the molecule is COc1ccccc1N1CCN(CCCSc2nc(C)cs2)CC1. The van der Waals surface area contributed by atoms with E-state index in [4.69, 9.17) is 4.74 Å². The van der Waals surface area contributed by atoms with Crippen LogP contribution >= 0.6 is 23.1 Å². The Labute approximate surface area is 152 Å². The van der Waals surface area contributed by atoms with Gasteiger partial charge in [0.25, 0.3) is 0 Å². The maximum Gasteiger partial charge on any atom is 0.150 e. The van der Waals surface area contributed by atoms with E-state index in [2.05, 4.69) is 39.2 Å². The number of anilines is 1. The molecular weight excluding hydrogens is 338 g/mol. The average Bonchev–Trinajstić information content (AvgIpc) is 3.04. The van der Waals surface area contributed by atoms with Gasteiger partial charge in [-0.2, -0.15) is 0 Å². The van der Waals surface area contributed by atoms with Gasteiger partial charge in [-0.15, -0.1) is 11.3 Å². The summed E-state index contributed by atoms with van der Waals surface area (Å²) in [5.74, 6) is 2.13. The predicted molar refractivity (Wildman–Crippen MR) is 104 cm³/mol. The quantitative estimate of drug-likeness (QED) is 0.552. The third kappa shape index (κ3) is 4.65. The number of para-hydroxylation sites is 2. The van der Waals surface area contributed by atoms with Gasteiger partial charge in [0, 0.05) is 43.0 Å². The van der Waals surface area contributed by atoms with Crippen molar-refractivity contribution >= 4 is 28.8 Å². The lowest BCUT2D eigenvalue weighted by molar-refractivity contribution is 0.258. The van der Waals surface area contributed by atoms with E-state index in [1.54, 1.807) is 18.4 Å². The molecule has 1 saturated heterocycles. The standard InChI is InChI=1S/C18H25N3OS2/c1-15-14-24-18(19-15)23-13-5-8-20-9-11-21(12-10-20)16-6-3-4-7-17(16)22-2/h3-4,6-7,14H,5,8-13H2,1-2H3. The van der Waals surface area contributed by atoms with E-state index in [1.807, 2.05) is 23.9 Å². The van der Waals surface area contributed by atoms with E-state index in [1.165, 1.54) is 23.0 Å². The van der Waals surface area contributed by atoms with Gasteiger partial charge in [0.05, 0.1) is 12.8 Å². The molecule has 0 unspecified atom stereocenters. The van der Waals surface area contributed by atoms with E-state index >= 15 is 0 Å². The first-order valence-electron chi connectivity index (χ1n) is 8.41. The first kappa shape index (κ1) is 17.6. The molecule has 0 atom stereocenters. The van der Waals surface area contributed by atoms with Gasteiger partial charge >= 0.3 is 0 Å². The van der Waals surface area contributed by atoms with E-state index in [9.17, 15) is 0 Å². The fraction of sp³-hybridized carbons (Fsp3) is 0.500. The van der Waals surface area contributed by atoms with Crippen molar-refractivity contribution < 1.29 is 4.74 Å². The minimum absolute atomic E-state index is 0.973. The molecule has 2 heterocycles. The number of thioether (sulfide) groups is 1. The van der Waals surface area contributed by atoms with Gasteiger partial charge in [0.2, 0.25) is 0 Å². The fourth-order valence-corrected chi connectivity index (χ4v) is 4.79. The minimum Gasteiger partial charge on any atom is -0.495 e. The number of ether oxygens (including phenoxy) is 1. The number of hydrogen-bond acceptors (Lipinski definition) is 6. The Hall–Kier alpha value is -1.24. The van der Waals surface area contributed by atoms with E-state index < -0.39 is 0 Å². The summed E-state index contributed by atoms with van der Waals surface area (Å²) in [7, 11) is 1.75. The van der Waals surface area contributed by atoms with Gasteiger partial charge in [-0.25, -0.2) is 4.98 Å². The predicted octanol–water partition coefficient (Wildman–Crippen LogP) is 3.76. The molecule has 130 valence electrons. The van der Waals surface area contributed by atoms with Crippen molar-refractivity contribution in [1.82, 2.24) is 9.88 Å². The van der Waals surface area contributed by atoms with Gasteiger partial charge in [-0.3, -0.25) is 4.90 Å². The zero-order valence-corrected chi connectivity index (χ0v) is 16.0. The van der Waals surface area contributed by atoms with Crippen LogP contribution in [0, 0.1) is 6.92 Å². The number of piperazine rings is 1. The van der Waals surface area contributed by atoms with Crippen LogP contribution in [0.4, 0.5) is 5.69 Å². The lowest BCUT2D eigenvalue weighted by Crippen LogP contribution is -2.46. The Morgan fingerprint density at radius 3 is 2.71 bits per heavy atom. The molecule has 1 aromatic carbocycles. The van der Waals surface area contributed by atoms with Crippen LogP contribution in [0.5, 0.6) is 5.75 Å². The van der Waals surface area contributed by atoms with Crippen LogP contribution in [0.15, 0.2) is 34.0 Å². The molecule has 0 aliphatic carbocycles. The lowest BCUT2D eigenvalue weighted by atomic mass is 10.2. The summed E-state index contributed by atoms with van der Waals surface area (Å²) in [4.78, 5) is 9.51. The number of aromatic nitrogens is 1. The Morgan fingerprint density at radius 1 is 1.21 bits per heavy atom. The van der Waals surface area contributed by atoms with E-state index in [0.717, 1.165) is 43.4 Å². The van der Waals surface area contributed by atoms with Crippen LogP contribution in [-0.2, 0) is 0 Å². The molecule has 2 aromatic rings. The summed E-state index contributed by atoms with van der Waals surface area (Å²) < 4.78 is 6.69. The zero-order valence-electron chi connectivity index (χ0n) is 14.4. The van der Waals surface area contributed by atoms with Gasteiger partial charge < -0.3 is 9.64 Å². The molecule has 0 N–H and O–H groups in total. The van der Waals surface area contributed by atoms with Crippen molar-refractivity contribution in [1.29, 1.82) is 0 Å². The van der Waals surface area contributed by atoms with Gasteiger partial charge in [-0.05, 0) is 32.0 Å². The lowest BCUT2D eigenvalue weighted by Gasteiger charge is -2.36. The molecule has 0 spiro atoms. The molecule has 3 rings (SSSR count). The normalized spacial score (nSPS) is 15.7. The second-order valence-electron chi connectivity index (χ2n) is 5.96. The summed E-state index contributed by atoms with van der Waals surface area (Å²) in [5.41, 5.74) is 2.35. The van der Waals surface area contributed by atoms with Crippen molar-refractivity contribution in [2.24, 2.45) is 0 Å². The maximum absolute atomic E-state index is 5.49. The Bertz CT molecular complexity index is 639. The molecule has 0 amide bonds. The van der Waals surface area contributed by atoms with Crippen LogP contribution in [0.3, 0.4) is 0 Å². The zero-order chi connectivity index (χ0) is 16.8. The van der Waals surface area contributed by atoms with E-state index in [-0.39, 0.29) is 0 Å². The van der Waals surface area contributed by atoms with Crippen LogP contribution in [0.25, 0.3) is 0 Å². The molecule has 1 aromatic heterocycles. The van der Waals surface area contributed by atoms with Crippen molar-refractivity contribution in [3.63, 3.8) is 0 Å². The third-order valence-electron chi connectivity index (χ3n) is 4.24. The molecular formula is C18H25N3OS2. The Balaban J connectivity index is 1.39. The van der Waals surface area contributed by atoms with Crippen molar-refractivity contribution in [2.75, 3.05) is 50.5 Å². The van der Waals surface area contributed by atoms with Gasteiger partial charge in [0.1, 0.15) is 10.1 Å². The van der Waals surface area contributed by atoms with Crippen LogP contribution < -0.4 is 9.64 Å². The molecule has 0 saturated carbocycles. The highest BCUT2D eigenvalue weighted by Gasteiger charge is 2.19. The fourth-order valence-electron chi connectivity index (χ4n) is 2.95. The number of methoxy groups -OCH3 is 1. The number of thiazole rings is 1. The highest BCUT2D eigenvalue weighted by molar-refractivity contribution is 8.01. The van der Waals surface area contributed by atoms with Crippen LogP contribution in [0.2, 0.25) is 0 Å². The summed E-state index contributed by atoms with van der Waals surface area (Å²) in [5, 5.41) is 2.12. The molecule has 1 aliphatic heterocycles. The second kappa shape index (κ2) is 8.74. The first-order valence-corrected chi connectivity index (χ1v) is 10.3. The Kier molecular flexibility index (Phi) is 6.40. The summed E-state index contributed by atoms with van der Waals surface area (Å²) >= 11 is 3.64. The number of aryl methyl sites for hydroxylation is 1. The Morgan fingerprint density at radius 2 is 2.00 bits per heavy atom. The highest BCUT2D eigenvalue weighted by atomic mass is 32.2. The van der Waals surface area contributed by atoms with Crippen molar-refractivity contribution in [3.05, 3.63) is 35.3 Å². The number of hydrogen-bond donors (Lipinski definition) is 0. The monoisotopic (exact) mass is 363 g/mol. The molecule has 1 aliphatic rings. The largest absolute Gasteiger partial charge is 0.495 e. The van der Waals surface area contributed by atoms with Crippen molar-refractivity contribution in [2.45, 2.75) is 17.7 Å². The summed E-state index contributed by atoms with van der Waals surface area (Å²) in [6.07, 6.45) is 1.22. The molecule has 6 heteroatoms. The first-order chi connectivity index (χ1) is 11.8. The van der Waals surface area contributed by atoms with Crippen LogP contribution in [0.1, 0.15) is 12.1 Å². The molecule has 24 heavy (non-hydrogen) atoms. The van der Waals surface area contributed by atoms with Crippen LogP contribution in [-0.4, -0.2) is 55.5 Å². The number of rotatable bonds is 7. The number of benzene rings is 1. The molecule has 4 nitrogen and oxygen atoms in total. The average molecular weight is 364 g/mol. The van der Waals surface area contributed by atoms with Crippen molar-refractivity contribution in [3.8, 4) is 5.75 Å². The second-order valence-corrected chi connectivity index (χ2v) is 8.16. The molecule has 0 bridgehead atoms. The highest BCUT2D eigenvalue weighted by Crippen LogP contribution is 2.28. The molecule has 1 fully saturated rings. The molecule has 0 radical (unpaired) electrons. The number of nitrogens with zero attached hydrogens (tertiary/aromatic N) is 3. The maximum atomic E-state index is 5.49. The smallest absolute Gasteiger partial charge is 0.150 e. The third-order valence-corrected chi connectivity index (χ3v) is 6.47. The summed E-state index contributed by atoms with van der Waals surface area (Å²) in [6, 6.07) is 8.31. The summed E-state index contributed by atoms with van der Waals surface area (Å²) in [6.45, 7) is 7.62. The van der Waals surface area contributed by atoms with Gasteiger partial charge in [-0.1, -0.05) is 23.9 Å².